The molecule has 170 valence electrons. The predicted molar refractivity (Wildman–Crippen MR) is 117 cm³/mol. The van der Waals surface area contributed by atoms with E-state index in [2.05, 4.69) is 25.6 Å². The summed E-state index contributed by atoms with van der Waals surface area (Å²) < 4.78 is 26.9. The fourth-order valence-corrected chi connectivity index (χ4v) is 3.71. The number of anilines is 2. The van der Waals surface area contributed by atoms with Gasteiger partial charge < -0.3 is 29.4 Å². The lowest BCUT2D eigenvalue weighted by Crippen LogP contribution is -2.54. The largest absolute Gasteiger partial charge is 0.477 e. The van der Waals surface area contributed by atoms with Gasteiger partial charge in [-0.3, -0.25) is 4.79 Å². The molecule has 0 saturated carbocycles. The van der Waals surface area contributed by atoms with Crippen LogP contribution in [-0.4, -0.2) is 71.3 Å². The van der Waals surface area contributed by atoms with E-state index < -0.39 is 11.7 Å². The van der Waals surface area contributed by atoms with E-state index in [1.54, 1.807) is 26.4 Å². The summed E-state index contributed by atoms with van der Waals surface area (Å²) in [6, 6.07) is 1.29. The molecule has 0 spiro atoms. The highest BCUT2D eigenvalue weighted by atomic mass is 19.1. The number of carbonyl (C=O) groups is 1. The van der Waals surface area contributed by atoms with Crippen molar-refractivity contribution in [2.24, 2.45) is 0 Å². The summed E-state index contributed by atoms with van der Waals surface area (Å²) in [7, 11) is 1.65. The molecular formula is C21H26FN7O3. The van der Waals surface area contributed by atoms with E-state index in [1.165, 1.54) is 16.7 Å². The smallest absolute Gasteiger partial charge is 0.262 e. The summed E-state index contributed by atoms with van der Waals surface area (Å²) in [5.74, 6) is -0.389. The Bertz CT molecular complexity index is 1120. The Labute approximate surface area is 184 Å². The van der Waals surface area contributed by atoms with Gasteiger partial charge in [0.2, 0.25) is 11.8 Å². The fourth-order valence-electron chi connectivity index (χ4n) is 3.71. The number of hydrogen-bond donors (Lipinski definition) is 2. The lowest BCUT2D eigenvalue weighted by Gasteiger charge is -2.35. The molecule has 1 saturated heterocycles. The van der Waals surface area contributed by atoms with Gasteiger partial charge in [-0.15, -0.1) is 0 Å². The van der Waals surface area contributed by atoms with Gasteiger partial charge >= 0.3 is 0 Å². The summed E-state index contributed by atoms with van der Waals surface area (Å²) in [5.41, 5.74) is 1.32. The van der Waals surface area contributed by atoms with Crippen molar-refractivity contribution in [3.63, 3.8) is 0 Å². The summed E-state index contributed by atoms with van der Waals surface area (Å²) in [5, 5.41) is 6.02. The first-order valence-electron chi connectivity index (χ1n) is 10.4. The number of hydrogen-bond acceptors (Lipinski definition) is 8. The van der Waals surface area contributed by atoms with Gasteiger partial charge in [0, 0.05) is 51.4 Å². The van der Waals surface area contributed by atoms with Crippen LogP contribution in [0.5, 0.6) is 5.88 Å². The molecule has 3 aromatic heterocycles. The SMILES string of the molecule is CCOc1nc(N2CCNCC2COC)ncc1C(=O)Nc1cc(F)c2nc(C)cn2c1. The number of rotatable bonds is 7. The lowest BCUT2D eigenvalue weighted by atomic mass is 10.2. The number of aryl methyl sites for hydroxylation is 1. The molecule has 1 amide bonds. The van der Waals surface area contributed by atoms with Gasteiger partial charge in [-0.1, -0.05) is 0 Å². The van der Waals surface area contributed by atoms with Gasteiger partial charge in [-0.2, -0.15) is 4.98 Å². The Balaban J connectivity index is 1.60. The van der Waals surface area contributed by atoms with E-state index in [-0.39, 0.29) is 28.8 Å². The molecule has 11 heteroatoms. The molecule has 0 aromatic carbocycles. The van der Waals surface area contributed by atoms with Crippen LogP contribution in [0.15, 0.2) is 24.7 Å². The quantitative estimate of drug-likeness (QED) is 0.568. The van der Waals surface area contributed by atoms with Gasteiger partial charge in [-0.25, -0.2) is 14.4 Å². The topological polar surface area (TPSA) is 106 Å². The van der Waals surface area contributed by atoms with Crippen LogP contribution in [0.25, 0.3) is 5.65 Å². The number of amides is 1. The number of ether oxygens (including phenoxy) is 2. The fraction of sp³-hybridized carbons (Fsp3) is 0.429. The van der Waals surface area contributed by atoms with Crippen molar-refractivity contribution in [1.82, 2.24) is 24.7 Å². The predicted octanol–water partition coefficient (Wildman–Crippen LogP) is 1.65. The Morgan fingerprint density at radius 1 is 1.38 bits per heavy atom. The molecule has 1 aliphatic rings. The summed E-state index contributed by atoms with van der Waals surface area (Å²) in [6.07, 6.45) is 4.72. The van der Waals surface area contributed by atoms with Crippen molar-refractivity contribution in [3.8, 4) is 5.88 Å². The molecule has 0 bridgehead atoms. The van der Waals surface area contributed by atoms with Gasteiger partial charge in [0.25, 0.3) is 5.91 Å². The highest BCUT2D eigenvalue weighted by molar-refractivity contribution is 6.05. The average Bonchev–Trinajstić information content (AvgIpc) is 3.15. The third-order valence-corrected chi connectivity index (χ3v) is 5.12. The second kappa shape index (κ2) is 9.45. The molecule has 32 heavy (non-hydrogen) atoms. The number of imidazole rings is 1. The van der Waals surface area contributed by atoms with E-state index in [0.717, 1.165) is 13.1 Å². The first-order valence-corrected chi connectivity index (χ1v) is 10.4. The molecular weight excluding hydrogens is 417 g/mol. The Kier molecular flexibility index (Phi) is 6.47. The van der Waals surface area contributed by atoms with Crippen LogP contribution < -0.4 is 20.3 Å². The number of aromatic nitrogens is 4. The van der Waals surface area contributed by atoms with Crippen LogP contribution in [0.4, 0.5) is 16.0 Å². The maximum atomic E-state index is 14.4. The Morgan fingerprint density at radius 2 is 2.22 bits per heavy atom. The third kappa shape index (κ3) is 4.48. The molecule has 4 heterocycles. The highest BCUT2D eigenvalue weighted by Crippen LogP contribution is 2.23. The van der Waals surface area contributed by atoms with Gasteiger partial charge in [0.15, 0.2) is 11.5 Å². The molecule has 4 rings (SSSR count). The molecule has 0 radical (unpaired) electrons. The minimum absolute atomic E-state index is 0.0660. The zero-order chi connectivity index (χ0) is 22.7. The van der Waals surface area contributed by atoms with Crippen LogP contribution >= 0.6 is 0 Å². The number of halogens is 1. The van der Waals surface area contributed by atoms with E-state index in [9.17, 15) is 9.18 Å². The zero-order valence-electron chi connectivity index (χ0n) is 18.3. The van der Waals surface area contributed by atoms with Crippen molar-refractivity contribution in [3.05, 3.63) is 41.7 Å². The molecule has 2 N–H and O–H groups in total. The molecule has 1 fully saturated rings. The standard InChI is InChI=1S/C21H26FN7O3/c1-4-32-20-16(9-24-21(27-20)29-6-5-23-8-15(29)12-31-3)19(30)26-14-7-17(22)18-25-13(2)10-28(18)11-14/h7,9-11,15,23H,4-6,8,12H2,1-3H3,(H,26,30). The zero-order valence-corrected chi connectivity index (χ0v) is 18.3. The Hall–Kier alpha value is -3.31. The second-order valence-corrected chi connectivity index (χ2v) is 7.47. The maximum Gasteiger partial charge on any atom is 0.262 e. The van der Waals surface area contributed by atoms with Crippen LogP contribution in [0.1, 0.15) is 23.0 Å². The number of pyridine rings is 1. The number of nitrogens with one attached hydrogen (secondary N) is 2. The number of nitrogens with zero attached hydrogens (tertiary/aromatic N) is 5. The molecule has 1 atom stereocenters. The average molecular weight is 443 g/mol. The van der Waals surface area contributed by atoms with Crippen molar-refractivity contribution < 1.29 is 18.7 Å². The van der Waals surface area contributed by atoms with Gasteiger partial charge in [0.1, 0.15) is 5.56 Å². The van der Waals surface area contributed by atoms with Gasteiger partial charge in [0.05, 0.1) is 30.6 Å². The summed E-state index contributed by atoms with van der Waals surface area (Å²) >= 11 is 0. The normalized spacial score (nSPS) is 16.4. The third-order valence-electron chi connectivity index (χ3n) is 5.12. The molecule has 1 unspecified atom stereocenters. The second-order valence-electron chi connectivity index (χ2n) is 7.47. The first-order chi connectivity index (χ1) is 15.5. The van der Waals surface area contributed by atoms with Crippen LogP contribution in [0.2, 0.25) is 0 Å². The van der Waals surface area contributed by atoms with Crippen molar-refractivity contribution in [2.75, 3.05) is 50.2 Å². The molecule has 10 nitrogen and oxygen atoms in total. The number of methoxy groups -OCH3 is 1. The first kappa shape index (κ1) is 21.9. The van der Waals surface area contributed by atoms with Crippen LogP contribution in [-0.2, 0) is 4.74 Å². The monoisotopic (exact) mass is 443 g/mol. The summed E-state index contributed by atoms with van der Waals surface area (Å²) in [6.45, 7) is 6.66. The number of fused-ring (bicyclic) bond motifs is 1. The molecule has 0 aliphatic carbocycles. The highest BCUT2D eigenvalue weighted by Gasteiger charge is 2.26. The van der Waals surface area contributed by atoms with E-state index in [1.807, 2.05) is 11.8 Å². The maximum absolute atomic E-state index is 14.4. The minimum Gasteiger partial charge on any atom is -0.477 e. The van der Waals surface area contributed by atoms with Crippen LogP contribution in [0.3, 0.4) is 0 Å². The number of piperazine rings is 1. The van der Waals surface area contributed by atoms with Crippen molar-refractivity contribution in [1.29, 1.82) is 0 Å². The van der Waals surface area contributed by atoms with E-state index in [0.29, 0.717) is 31.4 Å². The van der Waals surface area contributed by atoms with E-state index >= 15 is 0 Å². The van der Waals surface area contributed by atoms with E-state index in [4.69, 9.17) is 9.47 Å². The van der Waals surface area contributed by atoms with Crippen molar-refractivity contribution >= 4 is 23.2 Å². The summed E-state index contributed by atoms with van der Waals surface area (Å²) in [4.78, 5) is 28.0. The Morgan fingerprint density at radius 3 is 3.00 bits per heavy atom. The van der Waals surface area contributed by atoms with Crippen LogP contribution in [0, 0.1) is 12.7 Å². The number of carbonyl (C=O) groups excluding carboxylic acids is 1. The lowest BCUT2D eigenvalue weighted by molar-refractivity contribution is 0.102. The molecule has 3 aromatic rings. The van der Waals surface area contributed by atoms with Gasteiger partial charge in [-0.05, 0) is 13.8 Å². The van der Waals surface area contributed by atoms with Crippen molar-refractivity contribution in [2.45, 2.75) is 19.9 Å². The molecule has 1 aliphatic heterocycles. The minimum atomic E-state index is -0.532.